The summed E-state index contributed by atoms with van der Waals surface area (Å²) < 4.78 is 20.8. The van der Waals surface area contributed by atoms with Crippen molar-refractivity contribution in [3.8, 4) is 17.2 Å². The minimum atomic E-state index is -0.727. The Morgan fingerprint density at radius 2 is 1.78 bits per heavy atom. The van der Waals surface area contributed by atoms with E-state index in [9.17, 15) is 4.79 Å². The van der Waals surface area contributed by atoms with Gasteiger partial charge in [0.05, 0.1) is 20.8 Å². The standard InChI is InChI=1S/C13H18O5/c1-5-17-13(14)9(2)18-12-10(15-3)7-6-8-11(12)16-4/h6-9H,5H2,1-4H3/t9-/m1/s1. The van der Waals surface area contributed by atoms with Gasteiger partial charge in [-0.1, -0.05) is 6.07 Å². The van der Waals surface area contributed by atoms with Crippen LogP contribution in [0, 0.1) is 0 Å². The molecule has 0 aliphatic carbocycles. The normalized spacial score (nSPS) is 11.6. The Labute approximate surface area is 107 Å². The van der Waals surface area contributed by atoms with Crippen LogP contribution in [0.2, 0.25) is 0 Å². The molecular weight excluding hydrogens is 236 g/mol. The van der Waals surface area contributed by atoms with Crippen molar-refractivity contribution in [2.45, 2.75) is 20.0 Å². The third-order valence-electron chi connectivity index (χ3n) is 2.30. The van der Waals surface area contributed by atoms with Gasteiger partial charge in [0, 0.05) is 0 Å². The van der Waals surface area contributed by atoms with Crippen molar-refractivity contribution >= 4 is 5.97 Å². The molecule has 5 heteroatoms. The molecule has 0 aliphatic heterocycles. The average molecular weight is 254 g/mol. The van der Waals surface area contributed by atoms with E-state index in [1.165, 1.54) is 14.2 Å². The monoisotopic (exact) mass is 254 g/mol. The van der Waals surface area contributed by atoms with Crippen LogP contribution in [-0.4, -0.2) is 32.9 Å². The van der Waals surface area contributed by atoms with Crippen molar-refractivity contribution in [1.82, 2.24) is 0 Å². The molecule has 1 rings (SSSR count). The lowest BCUT2D eigenvalue weighted by atomic mass is 10.3. The SMILES string of the molecule is CCOC(=O)[C@@H](C)Oc1c(OC)cccc1OC. The van der Waals surface area contributed by atoms with Crippen molar-refractivity contribution in [2.75, 3.05) is 20.8 Å². The molecule has 18 heavy (non-hydrogen) atoms. The number of hydrogen-bond acceptors (Lipinski definition) is 5. The summed E-state index contributed by atoms with van der Waals surface area (Å²) in [5.74, 6) is 0.976. The van der Waals surface area contributed by atoms with Crippen LogP contribution in [0.3, 0.4) is 0 Å². The summed E-state index contributed by atoms with van der Waals surface area (Å²) in [5, 5.41) is 0. The average Bonchev–Trinajstić information content (AvgIpc) is 2.39. The maximum absolute atomic E-state index is 11.5. The van der Waals surface area contributed by atoms with Crippen LogP contribution >= 0.6 is 0 Å². The Bertz CT molecular complexity index is 380. The molecule has 0 unspecified atom stereocenters. The topological polar surface area (TPSA) is 54.0 Å². The lowest BCUT2D eigenvalue weighted by molar-refractivity contribution is -0.150. The van der Waals surface area contributed by atoms with Crippen molar-refractivity contribution in [3.63, 3.8) is 0 Å². The summed E-state index contributed by atoms with van der Waals surface area (Å²) in [6.45, 7) is 3.67. The van der Waals surface area contributed by atoms with E-state index in [0.717, 1.165) is 0 Å². The predicted molar refractivity (Wildman–Crippen MR) is 66.3 cm³/mol. The van der Waals surface area contributed by atoms with E-state index in [4.69, 9.17) is 18.9 Å². The number of benzene rings is 1. The highest BCUT2D eigenvalue weighted by Crippen LogP contribution is 2.37. The number of para-hydroxylation sites is 1. The second-order valence-electron chi connectivity index (χ2n) is 3.50. The molecule has 1 aromatic rings. The van der Waals surface area contributed by atoms with Crippen LogP contribution in [0.25, 0.3) is 0 Å². The number of hydrogen-bond donors (Lipinski definition) is 0. The zero-order valence-electron chi connectivity index (χ0n) is 11.1. The molecular formula is C13H18O5. The van der Waals surface area contributed by atoms with Gasteiger partial charge < -0.3 is 18.9 Å². The predicted octanol–water partition coefficient (Wildman–Crippen LogP) is 2.03. The van der Waals surface area contributed by atoms with Gasteiger partial charge in [-0.3, -0.25) is 0 Å². The molecule has 0 radical (unpaired) electrons. The number of carbonyl (C=O) groups excluding carboxylic acids is 1. The van der Waals surface area contributed by atoms with Crippen molar-refractivity contribution < 1.29 is 23.7 Å². The van der Waals surface area contributed by atoms with E-state index in [0.29, 0.717) is 23.9 Å². The first-order chi connectivity index (χ1) is 8.63. The number of carbonyl (C=O) groups is 1. The molecule has 0 saturated heterocycles. The van der Waals surface area contributed by atoms with Crippen molar-refractivity contribution in [1.29, 1.82) is 0 Å². The van der Waals surface area contributed by atoms with Gasteiger partial charge in [-0.05, 0) is 26.0 Å². The Morgan fingerprint density at radius 1 is 1.22 bits per heavy atom. The van der Waals surface area contributed by atoms with Gasteiger partial charge >= 0.3 is 5.97 Å². The fourth-order valence-electron chi connectivity index (χ4n) is 1.42. The Morgan fingerprint density at radius 3 is 2.22 bits per heavy atom. The van der Waals surface area contributed by atoms with Gasteiger partial charge in [0.2, 0.25) is 5.75 Å². The molecule has 0 N–H and O–H groups in total. The maximum atomic E-state index is 11.5. The van der Waals surface area contributed by atoms with Gasteiger partial charge in [-0.25, -0.2) is 4.79 Å². The molecule has 0 amide bonds. The van der Waals surface area contributed by atoms with E-state index >= 15 is 0 Å². The molecule has 0 bridgehead atoms. The minimum Gasteiger partial charge on any atom is -0.493 e. The van der Waals surface area contributed by atoms with Crippen LogP contribution in [0.15, 0.2) is 18.2 Å². The Kier molecular flexibility index (Phi) is 5.30. The number of esters is 1. The summed E-state index contributed by atoms with van der Waals surface area (Å²) in [6.07, 6.45) is -0.727. The first kappa shape index (κ1) is 14.2. The summed E-state index contributed by atoms with van der Waals surface area (Å²) in [5.41, 5.74) is 0. The van der Waals surface area contributed by atoms with E-state index in [1.54, 1.807) is 32.0 Å². The van der Waals surface area contributed by atoms with Crippen LogP contribution in [0.1, 0.15) is 13.8 Å². The van der Waals surface area contributed by atoms with Gasteiger partial charge in [0.15, 0.2) is 17.6 Å². The van der Waals surface area contributed by atoms with E-state index < -0.39 is 12.1 Å². The highest BCUT2D eigenvalue weighted by Gasteiger charge is 2.20. The molecule has 0 heterocycles. The third-order valence-corrected chi connectivity index (χ3v) is 2.30. The summed E-state index contributed by atoms with van der Waals surface area (Å²) >= 11 is 0. The Balaban J connectivity index is 2.91. The fraction of sp³-hybridized carbons (Fsp3) is 0.462. The zero-order valence-corrected chi connectivity index (χ0v) is 11.1. The molecule has 1 aromatic carbocycles. The number of rotatable bonds is 6. The summed E-state index contributed by atoms with van der Waals surface area (Å²) in [7, 11) is 3.05. The van der Waals surface area contributed by atoms with Crippen LogP contribution in [0.4, 0.5) is 0 Å². The van der Waals surface area contributed by atoms with E-state index in [-0.39, 0.29) is 0 Å². The van der Waals surface area contributed by atoms with Crippen LogP contribution in [-0.2, 0) is 9.53 Å². The number of methoxy groups -OCH3 is 2. The lowest BCUT2D eigenvalue weighted by Crippen LogP contribution is -2.26. The van der Waals surface area contributed by atoms with Gasteiger partial charge in [0.1, 0.15) is 0 Å². The fourth-order valence-corrected chi connectivity index (χ4v) is 1.42. The van der Waals surface area contributed by atoms with Crippen molar-refractivity contribution in [2.24, 2.45) is 0 Å². The van der Waals surface area contributed by atoms with Crippen molar-refractivity contribution in [3.05, 3.63) is 18.2 Å². The first-order valence-corrected chi connectivity index (χ1v) is 5.68. The van der Waals surface area contributed by atoms with Gasteiger partial charge in [-0.2, -0.15) is 0 Å². The molecule has 0 aliphatic rings. The van der Waals surface area contributed by atoms with Gasteiger partial charge in [0.25, 0.3) is 0 Å². The first-order valence-electron chi connectivity index (χ1n) is 5.68. The lowest BCUT2D eigenvalue weighted by Gasteiger charge is -2.17. The number of ether oxygens (including phenoxy) is 4. The molecule has 0 aromatic heterocycles. The molecule has 1 atom stereocenters. The highest BCUT2D eigenvalue weighted by atomic mass is 16.6. The smallest absolute Gasteiger partial charge is 0.347 e. The highest BCUT2D eigenvalue weighted by molar-refractivity contribution is 5.75. The zero-order chi connectivity index (χ0) is 13.5. The molecule has 5 nitrogen and oxygen atoms in total. The van der Waals surface area contributed by atoms with E-state index in [1.807, 2.05) is 0 Å². The summed E-state index contributed by atoms with van der Waals surface area (Å²) in [6, 6.07) is 5.24. The quantitative estimate of drug-likeness (QED) is 0.727. The Hall–Kier alpha value is -1.91. The maximum Gasteiger partial charge on any atom is 0.347 e. The third kappa shape index (κ3) is 3.29. The second-order valence-corrected chi connectivity index (χ2v) is 3.50. The second kappa shape index (κ2) is 6.74. The molecule has 0 saturated carbocycles. The molecule has 100 valence electrons. The largest absolute Gasteiger partial charge is 0.493 e. The molecule has 0 fully saturated rings. The van der Waals surface area contributed by atoms with E-state index in [2.05, 4.69) is 0 Å². The van der Waals surface area contributed by atoms with Crippen LogP contribution < -0.4 is 14.2 Å². The van der Waals surface area contributed by atoms with Gasteiger partial charge in [-0.15, -0.1) is 0 Å². The molecule has 0 spiro atoms. The van der Waals surface area contributed by atoms with Crippen LogP contribution in [0.5, 0.6) is 17.2 Å². The minimum absolute atomic E-state index is 0.315. The summed E-state index contributed by atoms with van der Waals surface area (Å²) in [4.78, 5) is 11.5.